The van der Waals surface area contributed by atoms with Gasteiger partial charge in [-0.2, -0.15) is 0 Å². The first-order valence-electron chi connectivity index (χ1n) is 22.7. The number of fused-ring (bicyclic) bond motifs is 3. The molecule has 8 saturated heterocycles. The van der Waals surface area contributed by atoms with Gasteiger partial charge in [0.1, 0.15) is 17.5 Å². The van der Waals surface area contributed by atoms with Crippen molar-refractivity contribution in [2.45, 2.75) is 12.1 Å². The van der Waals surface area contributed by atoms with Crippen molar-refractivity contribution in [3.05, 3.63) is 67.7 Å². The normalized spacial score (nSPS) is 24.4. The van der Waals surface area contributed by atoms with Gasteiger partial charge >= 0.3 is 0 Å². The second-order valence-corrected chi connectivity index (χ2v) is 50.2. The Balaban J connectivity index is 0.000000130. The number of rotatable bonds is 5. The number of nitrogens with one attached hydrogen (secondary N) is 1. The minimum atomic E-state index is 0.682. The molecule has 32 heteroatoms. The minimum absolute atomic E-state index is 0.682. The van der Waals surface area contributed by atoms with Crippen molar-refractivity contribution in [3.8, 4) is 12.3 Å². The third kappa shape index (κ3) is 19.5. The molecule has 11 heterocycles. The van der Waals surface area contributed by atoms with Crippen molar-refractivity contribution in [3.63, 3.8) is 0 Å². The molecule has 11 rings (SSSR count). The molecule has 0 unspecified atom stereocenters. The van der Waals surface area contributed by atoms with Crippen molar-refractivity contribution in [1.29, 1.82) is 0 Å². The van der Waals surface area contributed by atoms with Crippen molar-refractivity contribution in [2.75, 3.05) is 120 Å². The van der Waals surface area contributed by atoms with Gasteiger partial charge in [-0.3, -0.25) is 9.80 Å². The zero-order valence-electron chi connectivity index (χ0n) is 38.6. The fourth-order valence-electron chi connectivity index (χ4n) is 9.88. The molecule has 3 aromatic rings. The summed E-state index contributed by atoms with van der Waals surface area (Å²) in [7, 11) is 29.0. The zero-order valence-corrected chi connectivity index (χ0v) is 58.4. The molecule has 8 aliphatic rings. The number of terminal acetylenes is 1. The summed E-state index contributed by atoms with van der Waals surface area (Å²) < 4.78 is 13.0. The molecule has 8 fully saturated rings. The minimum Gasteiger partial charge on any atom is -0.378 e. The maximum atomic E-state index is 5.37. The number of pyridine rings is 3. The number of nitrogens with zero attached hydrogens (tertiary/aromatic N) is 8. The van der Waals surface area contributed by atoms with Gasteiger partial charge in [-0.05, 0) is 117 Å². The first-order chi connectivity index (χ1) is 35.9. The molecule has 400 valence electrons. The highest BCUT2D eigenvalue weighted by molar-refractivity contribution is 14.1. The van der Waals surface area contributed by atoms with Crippen molar-refractivity contribution < 1.29 is 9.47 Å². The molecule has 0 saturated carbocycles. The van der Waals surface area contributed by atoms with Crippen LogP contribution in [-0.2, 0) is 183 Å². The predicted molar refractivity (Wildman–Crippen MR) is 369 cm³/mol. The molecular formula is C41H51I2N9O2S19. The third-order valence-corrected chi connectivity index (χ3v) is 50.3. The standard InChI is InChI=1S/C16H19N3O.C14H18IN3O.C11H14IN3.S19/c1-2-12-3-4-16(17-5-12)19-8-13-6-18(7-14(13)9-19)15-10-20-11-15;15-12-1-2-14(16-3-12)18-6-10-4-17(5-11(10)7-18)13-8-19-9-13;12-10-1-2-11(14-5-10)15-6-8-3-13-4-9(8)7-15;1-3-5-7-9-11-13-15-17-19-18-16-14-12-10-8-6-4-2/h1,3-5,13-15H,6-11H2;1-3,10-11,13H,4-9H2;1-2,5,8-9,13H,3-4,6-7H2;/t13-,14+;10-,11+;8-,9+;. The Kier molecular flexibility index (Phi) is 28.1. The fraction of sp³-hybridized carbons (Fsp3) is 0.585. The molecule has 0 aromatic carbocycles. The number of halogens is 2. The monoisotopic (exact) mass is 1560 g/mol. The first-order valence-corrected chi connectivity index (χ1v) is 48.9. The van der Waals surface area contributed by atoms with Crippen LogP contribution in [0, 0.1) is 55.0 Å². The highest BCUT2D eigenvalue weighted by Gasteiger charge is 2.45. The van der Waals surface area contributed by atoms with Crippen LogP contribution in [0.3, 0.4) is 0 Å². The highest BCUT2D eigenvalue weighted by atomic mass is 127. The second-order valence-electron chi connectivity index (χ2n) is 17.6. The summed E-state index contributed by atoms with van der Waals surface area (Å²) in [6.07, 6.45) is 11.1. The molecule has 0 amide bonds. The fourth-order valence-corrected chi connectivity index (χ4v) is 51.7. The molecule has 73 heavy (non-hydrogen) atoms. The maximum Gasteiger partial charge on any atom is 0.128 e. The summed E-state index contributed by atoms with van der Waals surface area (Å²) in [6, 6.07) is 14.0. The Labute approximate surface area is 514 Å². The van der Waals surface area contributed by atoms with Gasteiger partial charge in [-0.1, -0.05) is 5.92 Å². The molecule has 1 N–H and O–H groups in total. The van der Waals surface area contributed by atoms with Gasteiger partial charge < -0.3 is 29.5 Å². The third-order valence-electron chi connectivity index (χ3n) is 13.4. The van der Waals surface area contributed by atoms with Crippen molar-refractivity contribution >= 4 is 236 Å². The largest absolute Gasteiger partial charge is 0.378 e. The van der Waals surface area contributed by atoms with Crippen molar-refractivity contribution in [2.24, 2.45) is 35.5 Å². The van der Waals surface area contributed by atoms with Crippen LogP contribution >= 0.6 is 45.2 Å². The first kappa shape index (κ1) is 60.9. The smallest absolute Gasteiger partial charge is 0.128 e. The van der Waals surface area contributed by atoms with Gasteiger partial charge in [0, 0.05) is 283 Å². The van der Waals surface area contributed by atoms with E-state index >= 15 is 0 Å². The highest BCUT2D eigenvalue weighted by Crippen LogP contribution is 2.37. The summed E-state index contributed by atoms with van der Waals surface area (Å²) in [6.45, 7) is 18.0. The van der Waals surface area contributed by atoms with E-state index in [1.54, 1.807) is 139 Å². The lowest BCUT2D eigenvalue weighted by molar-refractivity contribution is -0.0590. The average molecular weight is 1570 g/mol. The topological polar surface area (TPSA) is 85.4 Å². The van der Waals surface area contributed by atoms with Crippen LogP contribution in [-0.4, -0.2) is 142 Å². The number of hydrogen-bond acceptors (Lipinski definition) is 13. The van der Waals surface area contributed by atoms with Gasteiger partial charge in [0.2, 0.25) is 0 Å². The summed E-state index contributed by atoms with van der Waals surface area (Å²) in [5.41, 5.74) is 0.851. The number of hydrogen-bond donors (Lipinski definition) is 1. The Morgan fingerprint density at radius 3 is 1.07 bits per heavy atom. The zero-order chi connectivity index (χ0) is 50.6. The Hall–Kier alpha value is 1.85. The molecule has 0 radical (unpaired) electrons. The molecule has 3 aromatic heterocycles. The van der Waals surface area contributed by atoms with Crippen molar-refractivity contribution in [1.82, 2.24) is 30.1 Å². The van der Waals surface area contributed by atoms with E-state index in [2.05, 4.69) is 120 Å². The average Bonchev–Trinajstić information content (AvgIpc) is 4.24. The molecule has 11 nitrogen and oxygen atoms in total. The lowest BCUT2D eigenvalue weighted by Crippen LogP contribution is -2.48. The van der Waals surface area contributed by atoms with Gasteiger partial charge in [0.05, 0.1) is 38.5 Å². The van der Waals surface area contributed by atoms with Crippen LogP contribution in [0.25, 0.3) is 0 Å². The van der Waals surface area contributed by atoms with Crippen LogP contribution in [0.4, 0.5) is 17.5 Å². The van der Waals surface area contributed by atoms with Crippen LogP contribution in [0.15, 0.2) is 55.0 Å². The number of aromatic nitrogens is 3. The van der Waals surface area contributed by atoms with E-state index in [9.17, 15) is 0 Å². The number of ether oxygens (including phenoxy) is 2. The lowest BCUT2D eigenvalue weighted by atomic mass is 10.0. The van der Waals surface area contributed by atoms with E-state index in [1.165, 1.54) is 90.3 Å². The van der Waals surface area contributed by atoms with Crippen LogP contribution in [0.2, 0.25) is 0 Å². The van der Waals surface area contributed by atoms with Crippen LogP contribution < -0.4 is 20.0 Å². The van der Waals surface area contributed by atoms with E-state index < -0.39 is 0 Å². The summed E-state index contributed by atoms with van der Waals surface area (Å²) in [4.78, 5) is 26.1. The molecule has 8 aliphatic heterocycles. The Morgan fingerprint density at radius 2 is 0.795 bits per heavy atom. The van der Waals surface area contributed by atoms with Gasteiger partial charge in [0.25, 0.3) is 0 Å². The maximum absolute atomic E-state index is 5.37. The summed E-state index contributed by atoms with van der Waals surface area (Å²) >= 11 is 14.1. The molecule has 6 atom stereocenters. The van der Waals surface area contributed by atoms with Gasteiger partial charge in [-0.25, -0.2) is 15.0 Å². The number of likely N-dealkylation sites (tertiary alicyclic amines) is 2. The van der Waals surface area contributed by atoms with Gasteiger partial charge in [0.15, 0.2) is 0 Å². The van der Waals surface area contributed by atoms with Crippen LogP contribution in [0.5, 0.6) is 0 Å². The molecule has 0 bridgehead atoms. The quantitative estimate of drug-likeness (QED) is 0.299. The summed E-state index contributed by atoms with van der Waals surface area (Å²) in [5.74, 6) is 10.9. The van der Waals surface area contributed by atoms with E-state index in [0.29, 0.717) is 12.1 Å². The predicted octanol–water partition coefficient (Wildman–Crippen LogP) is 3.58. The summed E-state index contributed by atoms with van der Waals surface area (Å²) in [5, 5.41) is 3.46. The Bertz CT molecular complexity index is 3080. The Morgan fingerprint density at radius 1 is 0.466 bits per heavy atom. The van der Waals surface area contributed by atoms with E-state index in [4.69, 9.17) is 38.3 Å². The number of anilines is 3. The van der Waals surface area contributed by atoms with E-state index in [-0.39, 0.29) is 0 Å². The van der Waals surface area contributed by atoms with Crippen LogP contribution in [0.1, 0.15) is 5.56 Å². The van der Waals surface area contributed by atoms with E-state index in [0.717, 1.165) is 98.0 Å². The van der Waals surface area contributed by atoms with E-state index in [1.807, 2.05) is 24.5 Å². The SMILES string of the molecule is C#Cc1ccc(N2C[C@@H]3CN(C4COC4)C[C@@H]3C2)nc1.Ic1ccc(N2C[C@@H]3CN(C4COC4)C[C@@H]3C2)nc1.Ic1ccc(N2C[C@H]3CNC[C@H]3C2)nc1.S=S=S=S=S=S=S=S=S=S=S=S=S=S=S=S=S=S=S. The molecule has 0 spiro atoms. The van der Waals surface area contributed by atoms with Gasteiger partial charge in [-0.15, -0.1) is 6.42 Å². The molecule has 0 aliphatic carbocycles. The molecular weight excluding hydrogens is 1510 g/mol. The second kappa shape index (κ2) is 33.7. The lowest BCUT2D eigenvalue weighted by Gasteiger charge is -2.35.